The van der Waals surface area contributed by atoms with Gasteiger partial charge in [0.05, 0.1) is 23.4 Å². The second-order valence-corrected chi connectivity index (χ2v) is 10.2. The minimum absolute atomic E-state index is 0.215. The fourth-order valence-electron chi connectivity index (χ4n) is 3.70. The Bertz CT molecular complexity index is 1510. The Morgan fingerprint density at radius 1 is 1.02 bits per heavy atom. The normalized spacial score (nSPS) is 11.3. The van der Waals surface area contributed by atoms with Crippen molar-refractivity contribution >= 4 is 35.0 Å². The van der Waals surface area contributed by atoms with Crippen molar-refractivity contribution in [2.45, 2.75) is 32.7 Å². The molecule has 0 aliphatic rings. The summed E-state index contributed by atoms with van der Waals surface area (Å²) in [5.74, 6) is 6.80. The zero-order valence-electron chi connectivity index (χ0n) is 25.3. The number of hydrogen-bond donors (Lipinski definition) is 3. The van der Waals surface area contributed by atoms with Gasteiger partial charge in [0.1, 0.15) is 6.04 Å². The molecular weight excluding hydrogens is 540 g/mol. The number of likely N-dealkylation sites (N-methyl/N-ethyl adjacent to an activating group) is 2. The van der Waals surface area contributed by atoms with Crippen molar-refractivity contribution in [3.8, 4) is 17.9 Å². The average molecular weight is 579 g/mol. The van der Waals surface area contributed by atoms with Gasteiger partial charge < -0.3 is 25.8 Å². The zero-order chi connectivity index (χ0) is 31.2. The van der Waals surface area contributed by atoms with E-state index in [4.69, 9.17) is 5.26 Å². The van der Waals surface area contributed by atoms with Crippen LogP contribution in [0.1, 0.15) is 36.5 Å². The fourth-order valence-corrected chi connectivity index (χ4v) is 3.70. The first-order chi connectivity index (χ1) is 20.7. The molecule has 1 atom stereocenters. The van der Waals surface area contributed by atoms with Crippen LogP contribution < -0.4 is 16.0 Å². The van der Waals surface area contributed by atoms with Crippen molar-refractivity contribution in [3.63, 3.8) is 0 Å². The van der Waals surface area contributed by atoms with E-state index >= 15 is 0 Å². The quantitative estimate of drug-likeness (QED) is 0.164. The van der Waals surface area contributed by atoms with Crippen LogP contribution >= 0.6 is 0 Å². The predicted octanol–water partition coefficient (Wildman–Crippen LogP) is 4.36. The first-order valence-electron chi connectivity index (χ1n) is 14.0. The Labute approximate surface area is 253 Å². The molecule has 0 radical (unpaired) electrons. The predicted molar refractivity (Wildman–Crippen MR) is 170 cm³/mol. The number of benzene rings is 2. The van der Waals surface area contributed by atoms with Gasteiger partial charge in [0, 0.05) is 44.0 Å². The summed E-state index contributed by atoms with van der Waals surface area (Å²) in [6, 6.07) is 16.5. The van der Waals surface area contributed by atoms with Gasteiger partial charge in [-0.1, -0.05) is 35.6 Å². The van der Waals surface area contributed by atoms with Crippen LogP contribution in [0.3, 0.4) is 0 Å². The van der Waals surface area contributed by atoms with Crippen molar-refractivity contribution < 1.29 is 9.59 Å². The molecule has 0 saturated carbocycles. The van der Waals surface area contributed by atoms with Gasteiger partial charge in [-0.05, 0) is 70.8 Å². The molecule has 1 heterocycles. The molecule has 0 aliphatic heterocycles. The lowest BCUT2D eigenvalue weighted by molar-refractivity contribution is -0.135. The maximum atomic E-state index is 12.5. The van der Waals surface area contributed by atoms with Crippen LogP contribution in [-0.4, -0.2) is 71.9 Å². The lowest BCUT2D eigenvalue weighted by Crippen LogP contribution is -2.45. The molecule has 43 heavy (non-hydrogen) atoms. The summed E-state index contributed by atoms with van der Waals surface area (Å²) < 4.78 is 0. The highest BCUT2D eigenvalue weighted by Crippen LogP contribution is 2.21. The monoisotopic (exact) mass is 578 g/mol. The minimum atomic E-state index is -0.591. The van der Waals surface area contributed by atoms with Gasteiger partial charge in [0.25, 0.3) is 0 Å². The molecule has 3 N–H and O–H groups in total. The second kappa shape index (κ2) is 16.3. The first kappa shape index (κ1) is 32.3. The van der Waals surface area contributed by atoms with Crippen molar-refractivity contribution in [1.82, 2.24) is 25.1 Å². The summed E-state index contributed by atoms with van der Waals surface area (Å²) in [5, 5.41) is 18.4. The Balaban J connectivity index is 1.60. The van der Waals surface area contributed by atoms with Gasteiger partial charge in [0.2, 0.25) is 17.8 Å². The third-order valence-electron chi connectivity index (χ3n) is 6.41. The molecule has 2 amide bonds. The van der Waals surface area contributed by atoms with Gasteiger partial charge in [-0.25, -0.2) is 4.98 Å². The number of nitriles is 1. The van der Waals surface area contributed by atoms with Crippen molar-refractivity contribution in [2.75, 3.05) is 44.9 Å². The molecule has 10 nitrogen and oxygen atoms in total. The van der Waals surface area contributed by atoms with Crippen molar-refractivity contribution in [1.29, 1.82) is 5.26 Å². The summed E-state index contributed by atoms with van der Waals surface area (Å²) >= 11 is 0. The maximum absolute atomic E-state index is 12.5. The Morgan fingerprint density at radius 3 is 2.37 bits per heavy atom. The lowest BCUT2D eigenvalue weighted by Gasteiger charge is -2.23. The van der Waals surface area contributed by atoms with E-state index in [2.05, 4.69) is 43.8 Å². The van der Waals surface area contributed by atoms with E-state index in [1.165, 1.54) is 11.0 Å². The summed E-state index contributed by atoms with van der Waals surface area (Å²) in [6.07, 6.45) is 6.11. The Hall–Kier alpha value is -5.19. The summed E-state index contributed by atoms with van der Waals surface area (Å²) in [7, 11) is 5.46. The zero-order valence-corrected chi connectivity index (χ0v) is 25.3. The standard InChI is InChI=1S/C33H38N8O2/c1-24-12-16-28(17-13-24)37-31-27(23-36-33(39-31)38-29-18-14-26(22-34)15-19-29)10-7-6-8-20-35-32(43)25(2)41(5)30(42)11-9-21-40(3)4/h9,11-19,23,25H,6,8,20-21H2,1-5H3,(H,35,43)(H2,36,37,38,39)/b11-9+/t25-/m0/s1. The van der Waals surface area contributed by atoms with Crippen molar-refractivity contribution in [2.24, 2.45) is 0 Å². The number of unbranched alkanes of at least 4 members (excludes halogenated alkanes) is 1. The number of carbonyl (C=O) groups excluding carboxylic acids is 2. The molecule has 10 heteroatoms. The number of nitrogens with one attached hydrogen (secondary N) is 3. The third-order valence-corrected chi connectivity index (χ3v) is 6.41. The lowest BCUT2D eigenvalue weighted by atomic mass is 10.2. The van der Waals surface area contributed by atoms with Gasteiger partial charge in [-0.2, -0.15) is 10.2 Å². The SMILES string of the molecule is Cc1ccc(Nc2nc(Nc3ccc(C#N)cc3)ncc2C#CCCCNC(=O)[C@H](C)N(C)C(=O)/C=C/CN(C)C)cc1. The molecule has 3 aromatic rings. The largest absolute Gasteiger partial charge is 0.354 e. The molecule has 0 saturated heterocycles. The third kappa shape index (κ3) is 10.6. The molecule has 0 aliphatic carbocycles. The highest BCUT2D eigenvalue weighted by atomic mass is 16.2. The van der Waals surface area contributed by atoms with E-state index in [0.717, 1.165) is 16.9 Å². The molecule has 0 unspecified atom stereocenters. The Morgan fingerprint density at radius 2 is 1.70 bits per heavy atom. The van der Waals surface area contributed by atoms with Gasteiger partial charge in [-0.15, -0.1) is 0 Å². The molecule has 222 valence electrons. The van der Waals surface area contributed by atoms with Crippen LogP contribution in [0, 0.1) is 30.1 Å². The number of nitrogens with zero attached hydrogens (tertiary/aromatic N) is 5. The van der Waals surface area contributed by atoms with E-state index in [-0.39, 0.29) is 11.8 Å². The molecule has 3 rings (SSSR count). The van der Waals surface area contributed by atoms with Crippen LogP contribution in [0.2, 0.25) is 0 Å². The van der Waals surface area contributed by atoms with E-state index < -0.39 is 6.04 Å². The van der Waals surface area contributed by atoms with E-state index in [9.17, 15) is 9.59 Å². The Kier molecular flexibility index (Phi) is 12.3. The highest BCUT2D eigenvalue weighted by molar-refractivity contribution is 5.92. The second-order valence-electron chi connectivity index (χ2n) is 10.2. The highest BCUT2D eigenvalue weighted by Gasteiger charge is 2.20. The van der Waals surface area contributed by atoms with Crippen molar-refractivity contribution in [3.05, 3.63) is 83.6 Å². The molecule has 0 bridgehead atoms. The van der Waals surface area contributed by atoms with Crippen LogP contribution in [0.15, 0.2) is 66.9 Å². The minimum Gasteiger partial charge on any atom is -0.354 e. The van der Waals surface area contributed by atoms with Crippen LogP contribution in [0.4, 0.5) is 23.1 Å². The molecule has 0 spiro atoms. The number of anilines is 4. The van der Waals surface area contributed by atoms with E-state index in [1.807, 2.05) is 50.2 Å². The number of rotatable bonds is 12. The van der Waals surface area contributed by atoms with Crippen LogP contribution in [0.5, 0.6) is 0 Å². The number of amides is 2. The van der Waals surface area contributed by atoms with Gasteiger partial charge in [0.15, 0.2) is 5.82 Å². The molecule has 1 aromatic heterocycles. The topological polar surface area (TPSA) is 126 Å². The van der Waals surface area contributed by atoms with E-state index in [0.29, 0.717) is 48.8 Å². The first-order valence-corrected chi connectivity index (χ1v) is 14.0. The van der Waals surface area contributed by atoms with Crippen LogP contribution in [-0.2, 0) is 9.59 Å². The van der Waals surface area contributed by atoms with Gasteiger partial charge >= 0.3 is 0 Å². The summed E-state index contributed by atoms with van der Waals surface area (Å²) in [4.78, 5) is 37.3. The summed E-state index contributed by atoms with van der Waals surface area (Å²) in [5.41, 5.74) is 3.97. The fraction of sp³-hybridized carbons (Fsp3) is 0.303. The van der Waals surface area contributed by atoms with Crippen LogP contribution in [0.25, 0.3) is 0 Å². The number of aryl methyl sites for hydroxylation is 1. The average Bonchev–Trinajstić information content (AvgIpc) is 3.00. The maximum Gasteiger partial charge on any atom is 0.246 e. The molecular formula is C33H38N8O2. The molecule has 2 aromatic carbocycles. The smallest absolute Gasteiger partial charge is 0.246 e. The summed E-state index contributed by atoms with van der Waals surface area (Å²) in [6.45, 7) is 4.82. The van der Waals surface area contributed by atoms with E-state index in [1.54, 1.807) is 50.5 Å². The number of hydrogen-bond acceptors (Lipinski definition) is 8. The molecule has 0 fully saturated rings. The number of aromatic nitrogens is 2. The number of carbonyl (C=O) groups is 2. The van der Waals surface area contributed by atoms with Gasteiger partial charge in [-0.3, -0.25) is 9.59 Å².